The van der Waals surface area contributed by atoms with Crippen LogP contribution in [0, 0.1) is 0 Å². The number of hydrogen-bond acceptors (Lipinski definition) is 5. The van der Waals surface area contributed by atoms with E-state index in [0.717, 1.165) is 14.6 Å². The van der Waals surface area contributed by atoms with Crippen LogP contribution in [0.5, 0.6) is 0 Å². The van der Waals surface area contributed by atoms with E-state index in [4.69, 9.17) is 4.52 Å². The highest BCUT2D eigenvalue weighted by Gasteiger charge is 2.16. The number of benzene rings is 2. The van der Waals surface area contributed by atoms with E-state index in [1.165, 1.54) is 10.6 Å². The van der Waals surface area contributed by atoms with Gasteiger partial charge in [0.2, 0.25) is 11.7 Å². The van der Waals surface area contributed by atoms with Crippen LogP contribution in [-0.4, -0.2) is 19.3 Å². The van der Waals surface area contributed by atoms with Gasteiger partial charge in [0.25, 0.3) is 5.56 Å². The molecule has 4 aromatic rings. The molecule has 8 heteroatoms. The number of allylic oxidation sites excluding steroid dienone is 1. The summed E-state index contributed by atoms with van der Waals surface area (Å²) < 4.78 is 8.80. The second-order valence-electron chi connectivity index (χ2n) is 6.08. The lowest BCUT2D eigenvalue weighted by molar-refractivity contribution is 0.369. The molecule has 0 N–H and O–H groups in total. The second kappa shape index (κ2) is 7.40. The highest BCUT2D eigenvalue weighted by Crippen LogP contribution is 2.25. The molecule has 0 fully saturated rings. The Bertz CT molecular complexity index is 1300. The Morgan fingerprint density at radius 3 is 2.61 bits per heavy atom. The summed E-state index contributed by atoms with van der Waals surface area (Å²) in [6.07, 6.45) is 1.51. The highest BCUT2D eigenvalue weighted by molar-refractivity contribution is 9.10. The number of nitrogens with zero attached hydrogens (tertiary/aromatic N) is 4. The van der Waals surface area contributed by atoms with Crippen molar-refractivity contribution >= 4 is 26.8 Å². The molecule has 0 aliphatic carbocycles. The van der Waals surface area contributed by atoms with Crippen LogP contribution in [0.1, 0.15) is 5.89 Å². The second-order valence-corrected chi connectivity index (χ2v) is 6.94. The van der Waals surface area contributed by atoms with Gasteiger partial charge in [0.05, 0.1) is 10.9 Å². The predicted molar refractivity (Wildman–Crippen MR) is 109 cm³/mol. The van der Waals surface area contributed by atoms with Crippen LogP contribution in [0.4, 0.5) is 0 Å². The van der Waals surface area contributed by atoms with Gasteiger partial charge in [0.15, 0.2) is 0 Å². The first kappa shape index (κ1) is 18.1. The van der Waals surface area contributed by atoms with E-state index < -0.39 is 5.69 Å². The number of para-hydroxylation sites is 1. The normalized spacial score (nSPS) is 11.0. The van der Waals surface area contributed by atoms with E-state index in [1.807, 2.05) is 24.3 Å². The number of rotatable bonds is 5. The van der Waals surface area contributed by atoms with Gasteiger partial charge in [-0.15, -0.1) is 6.58 Å². The topological polar surface area (TPSA) is 82.9 Å². The van der Waals surface area contributed by atoms with E-state index >= 15 is 0 Å². The maximum Gasteiger partial charge on any atom is 0.332 e. The van der Waals surface area contributed by atoms with Gasteiger partial charge in [0, 0.05) is 16.6 Å². The fraction of sp³-hybridized carbons (Fsp3) is 0.100. The summed E-state index contributed by atoms with van der Waals surface area (Å²) in [5, 5.41) is 4.45. The molecule has 0 amide bonds. The van der Waals surface area contributed by atoms with E-state index in [-0.39, 0.29) is 24.5 Å². The third kappa shape index (κ3) is 3.11. The maximum atomic E-state index is 12.9. The smallest absolute Gasteiger partial charge is 0.332 e. The first-order chi connectivity index (χ1) is 13.6. The Morgan fingerprint density at radius 1 is 1.07 bits per heavy atom. The first-order valence-corrected chi connectivity index (χ1v) is 9.30. The van der Waals surface area contributed by atoms with Gasteiger partial charge >= 0.3 is 5.69 Å². The first-order valence-electron chi connectivity index (χ1n) is 8.51. The Labute approximate surface area is 167 Å². The average Bonchev–Trinajstić information content (AvgIpc) is 3.17. The fourth-order valence-corrected chi connectivity index (χ4v) is 3.48. The minimum atomic E-state index is -0.454. The van der Waals surface area contributed by atoms with Crippen molar-refractivity contribution in [1.29, 1.82) is 0 Å². The molecule has 7 nitrogen and oxygen atoms in total. The molecule has 0 saturated heterocycles. The molecule has 0 saturated carbocycles. The summed E-state index contributed by atoms with van der Waals surface area (Å²) in [7, 11) is 0. The fourth-order valence-electron chi connectivity index (χ4n) is 3.02. The third-order valence-electron chi connectivity index (χ3n) is 4.32. The van der Waals surface area contributed by atoms with E-state index in [1.54, 1.807) is 24.3 Å². The molecule has 0 radical (unpaired) electrons. The molecule has 2 aromatic heterocycles. The summed E-state index contributed by atoms with van der Waals surface area (Å²) >= 11 is 3.46. The van der Waals surface area contributed by atoms with Crippen LogP contribution in [0.2, 0.25) is 0 Å². The van der Waals surface area contributed by atoms with Crippen LogP contribution >= 0.6 is 15.9 Å². The number of aromatic nitrogens is 4. The van der Waals surface area contributed by atoms with Crippen molar-refractivity contribution in [2.75, 3.05) is 0 Å². The molecule has 28 heavy (non-hydrogen) atoms. The predicted octanol–water partition coefficient (Wildman–Crippen LogP) is 3.21. The Hall–Kier alpha value is -3.26. The van der Waals surface area contributed by atoms with Gasteiger partial charge in [-0.1, -0.05) is 51.4 Å². The molecule has 4 rings (SSSR count). The molecule has 0 unspecified atom stereocenters. The van der Waals surface area contributed by atoms with Gasteiger partial charge in [0.1, 0.15) is 6.54 Å². The summed E-state index contributed by atoms with van der Waals surface area (Å²) in [4.78, 5) is 29.9. The van der Waals surface area contributed by atoms with Crippen molar-refractivity contribution < 1.29 is 4.52 Å². The van der Waals surface area contributed by atoms with E-state index in [9.17, 15) is 9.59 Å². The third-order valence-corrected chi connectivity index (χ3v) is 5.01. The Balaban J connectivity index is 1.83. The molecule has 0 aliphatic rings. The van der Waals surface area contributed by atoms with Gasteiger partial charge in [-0.25, -0.2) is 4.79 Å². The molecule has 140 valence electrons. The number of hydrogen-bond donors (Lipinski definition) is 0. The minimum absolute atomic E-state index is 0.0498. The molecular weight excluding hydrogens is 424 g/mol. The van der Waals surface area contributed by atoms with E-state index in [2.05, 4.69) is 32.6 Å². The molecular formula is C20H15BrN4O3. The lowest BCUT2D eigenvalue weighted by Gasteiger charge is -2.11. The molecule has 0 bridgehead atoms. The largest absolute Gasteiger partial charge is 0.337 e. The van der Waals surface area contributed by atoms with Crippen molar-refractivity contribution in [3.05, 3.63) is 92.4 Å². The van der Waals surface area contributed by atoms with Crippen LogP contribution < -0.4 is 11.2 Å². The molecule has 2 heterocycles. The summed E-state index contributed by atoms with van der Waals surface area (Å²) in [5.74, 6) is 0.682. The lowest BCUT2D eigenvalue weighted by atomic mass is 10.2. The van der Waals surface area contributed by atoms with Crippen LogP contribution in [0.15, 0.2) is 79.8 Å². The van der Waals surface area contributed by atoms with Gasteiger partial charge < -0.3 is 4.52 Å². The molecule has 0 aliphatic heterocycles. The average molecular weight is 439 g/mol. The zero-order valence-electron chi connectivity index (χ0n) is 14.7. The van der Waals surface area contributed by atoms with Crippen molar-refractivity contribution in [2.24, 2.45) is 0 Å². The Kier molecular flexibility index (Phi) is 4.79. The zero-order chi connectivity index (χ0) is 19.7. The monoisotopic (exact) mass is 438 g/mol. The summed E-state index contributed by atoms with van der Waals surface area (Å²) in [6.45, 7) is 3.79. The van der Waals surface area contributed by atoms with Crippen molar-refractivity contribution in [1.82, 2.24) is 19.3 Å². The Morgan fingerprint density at radius 2 is 1.82 bits per heavy atom. The molecule has 0 atom stereocenters. The number of fused-ring (bicyclic) bond motifs is 1. The summed E-state index contributed by atoms with van der Waals surface area (Å²) in [6, 6.07) is 14.5. The van der Waals surface area contributed by atoms with Gasteiger partial charge in [-0.2, -0.15) is 4.98 Å². The standard InChI is InChI=1S/C20H15BrN4O3/c1-2-11-24-19(26)14-8-4-6-10-16(14)25(20(24)27)12-17-22-18(23-28-17)13-7-3-5-9-15(13)21/h2-10H,1,11-12H2. The zero-order valence-corrected chi connectivity index (χ0v) is 16.3. The van der Waals surface area contributed by atoms with Crippen LogP contribution in [0.3, 0.4) is 0 Å². The highest BCUT2D eigenvalue weighted by atomic mass is 79.9. The van der Waals surface area contributed by atoms with Gasteiger partial charge in [-0.05, 0) is 24.3 Å². The van der Waals surface area contributed by atoms with Crippen molar-refractivity contribution in [3.8, 4) is 11.4 Å². The lowest BCUT2D eigenvalue weighted by Crippen LogP contribution is -2.40. The molecule has 2 aromatic carbocycles. The van der Waals surface area contributed by atoms with Crippen LogP contribution in [-0.2, 0) is 13.1 Å². The van der Waals surface area contributed by atoms with Crippen molar-refractivity contribution in [2.45, 2.75) is 13.1 Å². The maximum absolute atomic E-state index is 12.9. The number of halogens is 1. The van der Waals surface area contributed by atoms with E-state index in [0.29, 0.717) is 16.7 Å². The SMILES string of the molecule is C=CCn1c(=O)c2ccccc2n(Cc2nc(-c3ccccc3Br)no2)c1=O. The summed E-state index contributed by atoms with van der Waals surface area (Å²) in [5.41, 5.74) is 0.491. The van der Waals surface area contributed by atoms with Crippen LogP contribution in [0.25, 0.3) is 22.3 Å². The minimum Gasteiger partial charge on any atom is -0.337 e. The quantitative estimate of drug-likeness (QED) is 0.446. The molecule has 0 spiro atoms. The van der Waals surface area contributed by atoms with Gasteiger partial charge in [-0.3, -0.25) is 13.9 Å². The van der Waals surface area contributed by atoms with Crippen molar-refractivity contribution in [3.63, 3.8) is 0 Å².